The van der Waals surface area contributed by atoms with Gasteiger partial charge in [0.15, 0.2) is 0 Å². The van der Waals surface area contributed by atoms with Crippen LogP contribution >= 0.6 is 0 Å². The fourth-order valence-electron chi connectivity index (χ4n) is 2.48. The van der Waals surface area contributed by atoms with Gasteiger partial charge in [-0.3, -0.25) is 9.59 Å². The summed E-state index contributed by atoms with van der Waals surface area (Å²) < 4.78 is 43.0. The number of rotatable bonds is 7. The van der Waals surface area contributed by atoms with E-state index in [0.29, 0.717) is 16.9 Å². The van der Waals surface area contributed by atoms with Crippen LogP contribution in [-0.2, 0) is 28.7 Å². The summed E-state index contributed by atoms with van der Waals surface area (Å²) in [7, 11) is 1.49. The van der Waals surface area contributed by atoms with Crippen molar-refractivity contribution in [3.63, 3.8) is 0 Å². The largest absolute Gasteiger partial charge is 0.497 e. The summed E-state index contributed by atoms with van der Waals surface area (Å²) in [5.74, 6) is -1.10. The average Bonchev–Trinajstić information content (AvgIpc) is 2.60. The molecule has 0 saturated heterocycles. The van der Waals surface area contributed by atoms with Crippen LogP contribution in [0.4, 0.5) is 13.2 Å². The zero-order chi connectivity index (χ0) is 20.0. The maximum atomic E-state index is 12.6. The number of nitrogens with zero attached hydrogens (tertiary/aromatic N) is 1. The summed E-state index contributed by atoms with van der Waals surface area (Å²) in [4.78, 5) is 24.7. The number of benzene rings is 2. The Morgan fingerprint density at radius 1 is 1.07 bits per heavy atom. The van der Waals surface area contributed by atoms with Crippen molar-refractivity contribution in [1.82, 2.24) is 4.90 Å². The molecule has 0 spiro atoms. The highest BCUT2D eigenvalue weighted by molar-refractivity contribution is 5.83. The Kier molecular flexibility index (Phi) is 6.44. The Bertz CT molecular complexity index is 803. The summed E-state index contributed by atoms with van der Waals surface area (Å²) in [6.07, 6.45) is -4.51. The quantitative estimate of drug-likeness (QED) is 0.799. The van der Waals surface area contributed by atoms with E-state index in [1.54, 1.807) is 24.3 Å². The molecule has 0 aliphatic heterocycles. The number of ether oxygens (including phenoxy) is 1. The van der Waals surface area contributed by atoms with Crippen LogP contribution in [0.15, 0.2) is 48.5 Å². The van der Waals surface area contributed by atoms with Gasteiger partial charge in [-0.05, 0) is 35.4 Å². The van der Waals surface area contributed by atoms with Crippen molar-refractivity contribution in [2.24, 2.45) is 0 Å². The molecule has 8 heteroatoms. The van der Waals surface area contributed by atoms with Crippen LogP contribution in [0, 0.1) is 0 Å². The molecule has 0 atom stereocenters. The molecule has 2 aromatic rings. The third kappa shape index (κ3) is 6.02. The summed E-state index contributed by atoms with van der Waals surface area (Å²) in [6, 6.07) is 11.1. The molecule has 0 aliphatic rings. The van der Waals surface area contributed by atoms with Crippen molar-refractivity contribution >= 4 is 11.9 Å². The van der Waals surface area contributed by atoms with E-state index in [0.717, 1.165) is 17.0 Å². The normalized spacial score (nSPS) is 11.1. The van der Waals surface area contributed by atoms with Gasteiger partial charge >= 0.3 is 12.1 Å². The second-order valence-corrected chi connectivity index (χ2v) is 5.87. The third-order valence-corrected chi connectivity index (χ3v) is 3.82. The molecular weight excluding hydrogens is 363 g/mol. The number of alkyl halides is 3. The maximum absolute atomic E-state index is 12.6. The summed E-state index contributed by atoms with van der Waals surface area (Å²) >= 11 is 0. The predicted molar refractivity (Wildman–Crippen MR) is 91.2 cm³/mol. The minimum atomic E-state index is -4.46. The molecule has 144 valence electrons. The molecule has 0 bridgehead atoms. The maximum Gasteiger partial charge on any atom is 0.416 e. The van der Waals surface area contributed by atoms with Gasteiger partial charge in [0, 0.05) is 6.54 Å². The molecule has 2 rings (SSSR count). The molecular formula is C19H18F3NO4. The fourth-order valence-corrected chi connectivity index (χ4v) is 2.48. The zero-order valence-corrected chi connectivity index (χ0v) is 14.5. The number of hydrogen-bond donors (Lipinski definition) is 1. The van der Waals surface area contributed by atoms with Gasteiger partial charge in [0.2, 0.25) is 5.91 Å². The van der Waals surface area contributed by atoms with Crippen molar-refractivity contribution < 1.29 is 32.6 Å². The lowest BCUT2D eigenvalue weighted by atomic mass is 10.1. The minimum absolute atomic E-state index is 0.0505. The molecule has 1 N–H and O–H groups in total. The van der Waals surface area contributed by atoms with Crippen molar-refractivity contribution in [1.29, 1.82) is 0 Å². The van der Waals surface area contributed by atoms with Gasteiger partial charge in [0.1, 0.15) is 12.3 Å². The number of carbonyl (C=O) groups excluding carboxylic acids is 1. The molecule has 0 saturated carbocycles. The monoisotopic (exact) mass is 381 g/mol. The first-order chi connectivity index (χ1) is 12.7. The number of amides is 1. The van der Waals surface area contributed by atoms with Crippen LogP contribution in [0.3, 0.4) is 0 Å². The summed E-state index contributed by atoms with van der Waals surface area (Å²) in [5.41, 5.74) is 0.240. The van der Waals surface area contributed by atoms with E-state index in [2.05, 4.69) is 0 Å². The molecule has 0 heterocycles. The van der Waals surface area contributed by atoms with E-state index in [9.17, 15) is 22.8 Å². The van der Waals surface area contributed by atoms with Crippen molar-refractivity contribution in [3.05, 3.63) is 65.2 Å². The molecule has 0 unspecified atom stereocenters. The van der Waals surface area contributed by atoms with E-state index >= 15 is 0 Å². The lowest BCUT2D eigenvalue weighted by molar-refractivity contribution is -0.144. The SMILES string of the molecule is COc1cccc(CC(=O)N(CC(=O)O)Cc2ccc(C(F)(F)F)cc2)c1. The van der Waals surface area contributed by atoms with Gasteiger partial charge in [0.05, 0.1) is 19.1 Å². The molecule has 0 radical (unpaired) electrons. The Morgan fingerprint density at radius 3 is 2.30 bits per heavy atom. The average molecular weight is 381 g/mol. The number of carboxylic acid groups (broad SMARTS) is 1. The fraction of sp³-hybridized carbons (Fsp3) is 0.263. The van der Waals surface area contributed by atoms with Crippen molar-refractivity contribution in [3.8, 4) is 5.75 Å². The highest BCUT2D eigenvalue weighted by atomic mass is 19.4. The Balaban J connectivity index is 2.14. The van der Waals surface area contributed by atoms with Gasteiger partial charge in [-0.1, -0.05) is 24.3 Å². The standard InChI is InChI=1S/C19H18F3NO4/c1-27-16-4-2-3-14(9-16)10-17(24)23(12-18(25)26)11-13-5-7-15(8-6-13)19(20,21)22/h2-9H,10-12H2,1H3,(H,25,26). The second kappa shape index (κ2) is 8.57. The number of aliphatic carboxylic acids is 1. The number of hydrogen-bond acceptors (Lipinski definition) is 3. The zero-order valence-electron chi connectivity index (χ0n) is 14.5. The molecule has 0 aromatic heterocycles. The van der Waals surface area contributed by atoms with Gasteiger partial charge in [-0.15, -0.1) is 0 Å². The number of carbonyl (C=O) groups is 2. The van der Waals surface area contributed by atoms with E-state index in [1.807, 2.05) is 0 Å². The number of methoxy groups -OCH3 is 1. The first-order valence-electron chi connectivity index (χ1n) is 7.97. The van der Waals surface area contributed by atoms with Crippen LogP contribution in [-0.4, -0.2) is 35.5 Å². The second-order valence-electron chi connectivity index (χ2n) is 5.87. The summed E-state index contributed by atoms with van der Waals surface area (Å²) in [5, 5.41) is 9.05. The Labute approximate surface area is 154 Å². The summed E-state index contributed by atoms with van der Waals surface area (Å²) in [6.45, 7) is -0.656. The van der Waals surface area contributed by atoms with Crippen LogP contribution in [0.25, 0.3) is 0 Å². The molecule has 0 fully saturated rings. The van der Waals surface area contributed by atoms with Crippen molar-refractivity contribution in [2.45, 2.75) is 19.1 Å². The first kappa shape index (κ1) is 20.3. The Morgan fingerprint density at radius 2 is 1.74 bits per heavy atom. The van der Waals surface area contributed by atoms with Gasteiger partial charge < -0.3 is 14.7 Å². The van der Waals surface area contributed by atoms with E-state index in [4.69, 9.17) is 9.84 Å². The number of carboxylic acids is 1. The van der Waals surface area contributed by atoms with E-state index < -0.39 is 30.2 Å². The molecule has 27 heavy (non-hydrogen) atoms. The number of halogens is 3. The molecule has 5 nitrogen and oxygen atoms in total. The highest BCUT2D eigenvalue weighted by Crippen LogP contribution is 2.29. The van der Waals surface area contributed by atoms with Crippen LogP contribution < -0.4 is 4.74 Å². The van der Waals surface area contributed by atoms with Gasteiger partial charge in [-0.2, -0.15) is 13.2 Å². The van der Waals surface area contributed by atoms with Gasteiger partial charge in [-0.25, -0.2) is 0 Å². The lowest BCUT2D eigenvalue weighted by Gasteiger charge is -2.21. The molecule has 2 aromatic carbocycles. The first-order valence-corrected chi connectivity index (χ1v) is 7.97. The lowest BCUT2D eigenvalue weighted by Crippen LogP contribution is -2.36. The smallest absolute Gasteiger partial charge is 0.416 e. The third-order valence-electron chi connectivity index (χ3n) is 3.82. The molecule has 1 amide bonds. The minimum Gasteiger partial charge on any atom is -0.497 e. The van der Waals surface area contributed by atoms with Crippen LogP contribution in [0.2, 0.25) is 0 Å². The Hall–Kier alpha value is -3.03. The van der Waals surface area contributed by atoms with Crippen LogP contribution in [0.5, 0.6) is 5.75 Å². The van der Waals surface area contributed by atoms with Crippen LogP contribution in [0.1, 0.15) is 16.7 Å². The van der Waals surface area contributed by atoms with Gasteiger partial charge in [0.25, 0.3) is 0 Å². The van der Waals surface area contributed by atoms with E-state index in [-0.39, 0.29) is 13.0 Å². The molecule has 0 aliphatic carbocycles. The van der Waals surface area contributed by atoms with E-state index in [1.165, 1.54) is 19.2 Å². The van der Waals surface area contributed by atoms with Crippen molar-refractivity contribution in [2.75, 3.05) is 13.7 Å². The topological polar surface area (TPSA) is 66.8 Å². The predicted octanol–water partition coefficient (Wildman–Crippen LogP) is 3.37. The highest BCUT2D eigenvalue weighted by Gasteiger charge is 2.30.